The van der Waals surface area contributed by atoms with Gasteiger partial charge in [0, 0.05) is 35.0 Å². The van der Waals surface area contributed by atoms with Crippen LogP contribution < -0.4 is 0 Å². The van der Waals surface area contributed by atoms with Gasteiger partial charge in [-0.3, -0.25) is 5.41 Å². The normalized spacial score (nSPS) is 21.9. The molecule has 8 heteroatoms. The van der Waals surface area contributed by atoms with Crippen molar-refractivity contribution >= 4 is 38.8 Å². The van der Waals surface area contributed by atoms with Crippen LogP contribution in [0.4, 0.5) is 0 Å². The highest BCUT2D eigenvalue weighted by Crippen LogP contribution is 2.38. The summed E-state index contributed by atoms with van der Waals surface area (Å²) in [6.45, 7) is 0. The van der Waals surface area contributed by atoms with Crippen molar-refractivity contribution in [1.82, 2.24) is 14.8 Å². The number of aromatic nitrogens is 1. The van der Waals surface area contributed by atoms with Gasteiger partial charge in [-0.25, -0.2) is 4.79 Å². The molecular weight excluding hydrogens is 352 g/mol. The molecule has 1 aromatic carbocycles. The van der Waals surface area contributed by atoms with Crippen LogP contribution in [-0.2, 0) is 0 Å². The van der Waals surface area contributed by atoms with Gasteiger partial charge in [0.1, 0.15) is 11.7 Å². The average Bonchev–Trinajstić information content (AvgIpc) is 2.92. The summed E-state index contributed by atoms with van der Waals surface area (Å²) < 4.78 is 0.816. The third kappa shape index (κ3) is 1.98. The van der Waals surface area contributed by atoms with E-state index in [-0.39, 0.29) is 11.7 Å². The number of carbonyl (C=O) groups is 1. The van der Waals surface area contributed by atoms with E-state index in [1.54, 1.807) is 25.1 Å². The van der Waals surface area contributed by atoms with E-state index < -0.39 is 18.2 Å². The highest BCUT2D eigenvalue weighted by Gasteiger charge is 2.42. The molecule has 1 aliphatic rings. The van der Waals surface area contributed by atoms with E-state index in [4.69, 9.17) is 5.41 Å². The van der Waals surface area contributed by atoms with Crippen molar-refractivity contribution in [2.75, 3.05) is 14.1 Å². The van der Waals surface area contributed by atoms with Crippen LogP contribution in [-0.4, -0.2) is 57.2 Å². The van der Waals surface area contributed by atoms with Crippen molar-refractivity contribution in [1.29, 1.82) is 5.41 Å². The Morgan fingerprint density at radius 1 is 1.36 bits per heavy atom. The van der Waals surface area contributed by atoms with Crippen molar-refractivity contribution in [2.24, 2.45) is 0 Å². The molecule has 116 valence electrons. The number of halogens is 1. The summed E-state index contributed by atoms with van der Waals surface area (Å²) in [5.41, 5.74) is 1.19. The second kappa shape index (κ2) is 4.99. The van der Waals surface area contributed by atoms with Gasteiger partial charge < -0.3 is 25.0 Å². The number of hydrogen-bond acceptors (Lipinski definition) is 3. The van der Waals surface area contributed by atoms with E-state index in [9.17, 15) is 15.0 Å². The first-order valence-electron chi connectivity index (χ1n) is 6.59. The smallest absolute Gasteiger partial charge is 0.352 e. The molecule has 0 spiro atoms. The fourth-order valence-corrected chi connectivity index (χ4v) is 3.28. The molecule has 0 aliphatic carbocycles. The van der Waals surface area contributed by atoms with Crippen molar-refractivity contribution in [2.45, 2.75) is 12.3 Å². The summed E-state index contributed by atoms with van der Waals surface area (Å²) in [6, 6.07) is 4.78. The molecule has 1 fully saturated rings. The average molecular weight is 367 g/mol. The Morgan fingerprint density at radius 2 is 2.05 bits per heavy atom. The van der Waals surface area contributed by atoms with Gasteiger partial charge in [-0.05, 0) is 18.2 Å². The molecule has 0 amide bonds. The van der Waals surface area contributed by atoms with E-state index in [2.05, 4.69) is 20.9 Å². The molecule has 0 radical (unpaired) electrons. The number of nitrogens with one attached hydrogen (secondary N) is 2. The number of H-pyrrole nitrogens is 1. The molecule has 4 N–H and O–H groups in total. The summed E-state index contributed by atoms with van der Waals surface area (Å²) in [7, 11) is 3.27. The van der Waals surface area contributed by atoms with Gasteiger partial charge in [0.05, 0.1) is 0 Å². The molecule has 2 unspecified atom stereocenters. The maximum Gasteiger partial charge on any atom is 0.352 e. The second-order valence-electron chi connectivity index (χ2n) is 5.31. The van der Waals surface area contributed by atoms with Crippen LogP contribution in [0, 0.1) is 5.41 Å². The number of fused-ring (bicyclic) bond motifs is 1. The van der Waals surface area contributed by atoms with Crippen molar-refractivity contribution in [3.63, 3.8) is 0 Å². The number of carboxylic acids is 1. The third-order valence-electron chi connectivity index (χ3n) is 4.08. The van der Waals surface area contributed by atoms with Gasteiger partial charge in [0.25, 0.3) is 0 Å². The SMILES string of the molecule is CN1C(=N)N(C)C(c2c(C(=O)O)[nH]c3ccc(Br)cc23)C1O. The molecule has 7 nitrogen and oxygen atoms in total. The molecule has 22 heavy (non-hydrogen) atoms. The topological polar surface area (TPSA) is 104 Å². The Kier molecular flexibility index (Phi) is 3.37. The predicted molar refractivity (Wildman–Crippen MR) is 85.0 cm³/mol. The first kappa shape index (κ1) is 14.9. The molecule has 0 saturated carbocycles. The summed E-state index contributed by atoms with van der Waals surface area (Å²) in [4.78, 5) is 17.5. The van der Waals surface area contributed by atoms with Gasteiger partial charge in [0.2, 0.25) is 0 Å². The molecule has 0 bridgehead atoms. The second-order valence-corrected chi connectivity index (χ2v) is 6.23. The number of likely N-dealkylation sites (N-methyl/N-ethyl adjacent to an activating group) is 2. The zero-order valence-corrected chi connectivity index (χ0v) is 13.5. The fraction of sp³-hybridized carbons (Fsp3) is 0.286. The Balaban J connectivity index is 2.29. The van der Waals surface area contributed by atoms with Gasteiger partial charge >= 0.3 is 5.97 Å². The van der Waals surface area contributed by atoms with E-state index in [0.29, 0.717) is 16.5 Å². The van der Waals surface area contributed by atoms with Gasteiger partial charge in [0.15, 0.2) is 12.2 Å². The zero-order chi connectivity index (χ0) is 16.2. The van der Waals surface area contributed by atoms with Crippen molar-refractivity contribution in [3.8, 4) is 0 Å². The molecule has 1 aliphatic heterocycles. The maximum atomic E-state index is 11.6. The highest BCUT2D eigenvalue weighted by molar-refractivity contribution is 9.10. The lowest BCUT2D eigenvalue weighted by Gasteiger charge is -2.22. The third-order valence-corrected chi connectivity index (χ3v) is 4.57. The van der Waals surface area contributed by atoms with Crippen molar-refractivity contribution < 1.29 is 15.0 Å². The molecule has 2 atom stereocenters. The highest BCUT2D eigenvalue weighted by atomic mass is 79.9. The van der Waals surface area contributed by atoms with Crippen LogP contribution in [0.1, 0.15) is 22.1 Å². The number of rotatable bonds is 2. The van der Waals surface area contributed by atoms with E-state index in [0.717, 1.165) is 4.47 Å². The number of carboxylic acid groups (broad SMARTS) is 1. The summed E-state index contributed by atoms with van der Waals surface area (Å²) in [6.07, 6.45) is -0.992. The maximum absolute atomic E-state index is 11.6. The Hall–Kier alpha value is -2.06. The van der Waals surface area contributed by atoms with Crippen LogP contribution in [0.25, 0.3) is 10.9 Å². The molecular formula is C14H15BrN4O3. The van der Waals surface area contributed by atoms with E-state index >= 15 is 0 Å². The first-order valence-corrected chi connectivity index (χ1v) is 7.39. The molecule has 1 aromatic heterocycles. The molecule has 2 heterocycles. The first-order chi connectivity index (χ1) is 10.3. The number of nitrogens with zero attached hydrogens (tertiary/aromatic N) is 2. The number of aromatic amines is 1. The summed E-state index contributed by atoms with van der Waals surface area (Å²) >= 11 is 3.39. The fourth-order valence-electron chi connectivity index (χ4n) is 2.92. The molecule has 1 saturated heterocycles. The number of aliphatic hydroxyl groups is 1. The Labute approximate surface area is 134 Å². The van der Waals surface area contributed by atoms with E-state index in [1.165, 1.54) is 4.90 Å². The quantitative estimate of drug-likeness (QED) is 0.648. The largest absolute Gasteiger partial charge is 0.477 e. The van der Waals surface area contributed by atoms with Crippen LogP contribution >= 0.6 is 15.9 Å². The van der Waals surface area contributed by atoms with Crippen LogP contribution in [0.2, 0.25) is 0 Å². The Bertz CT molecular complexity index is 788. The monoisotopic (exact) mass is 366 g/mol. The number of aliphatic hydroxyl groups excluding tert-OH is 1. The minimum Gasteiger partial charge on any atom is -0.477 e. The summed E-state index contributed by atoms with van der Waals surface area (Å²) in [5, 5.41) is 28.6. The standard InChI is InChI=1S/C14H15BrN4O3/c1-18-11(12(20)19(2)14(18)16)9-7-5-6(15)3-4-8(7)17-10(9)13(21)22/h3-5,11-12,16-17,20H,1-2H3,(H,21,22). The van der Waals surface area contributed by atoms with Crippen LogP contribution in [0.15, 0.2) is 22.7 Å². The predicted octanol–water partition coefficient (Wildman–Crippen LogP) is 1.80. The minimum atomic E-state index is -1.09. The van der Waals surface area contributed by atoms with Gasteiger partial charge in [-0.2, -0.15) is 0 Å². The van der Waals surface area contributed by atoms with Crippen LogP contribution in [0.3, 0.4) is 0 Å². The van der Waals surface area contributed by atoms with Gasteiger partial charge in [-0.1, -0.05) is 15.9 Å². The Morgan fingerprint density at radius 3 is 2.59 bits per heavy atom. The molecule has 3 rings (SSSR count). The van der Waals surface area contributed by atoms with Gasteiger partial charge in [-0.15, -0.1) is 0 Å². The number of hydrogen-bond donors (Lipinski definition) is 4. The van der Waals surface area contributed by atoms with Crippen molar-refractivity contribution in [3.05, 3.63) is 33.9 Å². The minimum absolute atomic E-state index is 0.0344. The number of guanidine groups is 1. The van der Waals surface area contributed by atoms with Crippen LogP contribution in [0.5, 0.6) is 0 Å². The number of aromatic carboxylic acids is 1. The lowest BCUT2D eigenvalue weighted by Crippen LogP contribution is -2.30. The number of benzene rings is 1. The molecule has 2 aromatic rings. The summed E-state index contributed by atoms with van der Waals surface area (Å²) in [5.74, 6) is -0.956. The lowest BCUT2D eigenvalue weighted by molar-refractivity contribution is 0.0495. The lowest BCUT2D eigenvalue weighted by atomic mass is 10.0. The zero-order valence-electron chi connectivity index (χ0n) is 12.0. The van der Waals surface area contributed by atoms with E-state index in [1.807, 2.05) is 12.1 Å².